The number of hydrogen-bond acceptors (Lipinski definition) is 4. The molecule has 4 saturated carbocycles. The SMILES string of the molecule is C=C(C)[C@@H]1CC[C@]2(c3nnco3)CC[C@]3(C)C(CCC4[C@@]5(C)CC=C(c6ccc(C(=O)O)cc6)C(C)(C)C5CC[C@]43C)C12. The van der Waals surface area contributed by atoms with E-state index in [-0.39, 0.29) is 27.1 Å². The van der Waals surface area contributed by atoms with Crippen LogP contribution >= 0.6 is 0 Å². The molecule has 2 aromatic rings. The van der Waals surface area contributed by atoms with E-state index in [0.29, 0.717) is 35.2 Å². The number of allylic oxidation sites excluding steroid dienone is 3. The maximum absolute atomic E-state index is 11.5. The summed E-state index contributed by atoms with van der Waals surface area (Å²) < 4.78 is 6.04. The summed E-state index contributed by atoms with van der Waals surface area (Å²) in [6.07, 6.45) is 14.9. The minimum atomic E-state index is -0.865. The molecular weight excluding hydrogens is 532 g/mol. The van der Waals surface area contributed by atoms with Crippen LogP contribution in [0.25, 0.3) is 5.57 Å². The fraction of sp³-hybridized carbons (Fsp3) is 0.658. The normalized spacial score (nSPS) is 43.0. The molecule has 5 aliphatic carbocycles. The van der Waals surface area contributed by atoms with Gasteiger partial charge in [-0.2, -0.15) is 0 Å². The van der Waals surface area contributed by atoms with Crippen LogP contribution in [0.1, 0.15) is 121 Å². The number of rotatable bonds is 4. The topological polar surface area (TPSA) is 76.2 Å². The predicted molar refractivity (Wildman–Crippen MR) is 169 cm³/mol. The molecule has 0 spiro atoms. The van der Waals surface area contributed by atoms with Crippen molar-refractivity contribution >= 4 is 11.5 Å². The molecule has 1 aromatic heterocycles. The molecule has 0 radical (unpaired) electrons. The number of fused-ring (bicyclic) bond motifs is 7. The van der Waals surface area contributed by atoms with Crippen LogP contribution in [0.15, 0.2) is 53.3 Å². The van der Waals surface area contributed by atoms with Gasteiger partial charge in [0.1, 0.15) is 0 Å². The van der Waals surface area contributed by atoms with Gasteiger partial charge in [0.2, 0.25) is 12.3 Å². The third kappa shape index (κ3) is 3.72. The average Bonchev–Trinajstić information content (AvgIpc) is 3.63. The van der Waals surface area contributed by atoms with Gasteiger partial charge in [-0.25, -0.2) is 4.79 Å². The molecule has 1 N–H and O–H groups in total. The van der Waals surface area contributed by atoms with Crippen molar-refractivity contribution in [2.75, 3.05) is 0 Å². The zero-order valence-electron chi connectivity index (χ0n) is 27.1. The standard InChI is InChI=1S/C38H50N2O3/c1-23(2)26-14-19-38(33-40-39-22-43-33)21-20-36(6)28(31(26)38)12-13-30-35(5)17-15-27(24-8-10-25(11-9-24)32(41)42)34(3,4)29(35)16-18-37(30,36)7/h8-11,15,22,26,28-31H,1,12-14,16-21H2,2-7H3,(H,41,42)/t26-,28?,29?,30?,31?,35-,36+,37+,38-/m0/s1. The van der Waals surface area contributed by atoms with Crippen LogP contribution in [0.5, 0.6) is 0 Å². The molecule has 7 rings (SSSR count). The Morgan fingerprint density at radius 1 is 0.930 bits per heavy atom. The second kappa shape index (κ2) is 9.41. The van der Waals surface area contributed by atoms with Gasteiger partial charge in [-0.3, -0.25) is 0 Å². The molecule has 5 aliphatic rings. The Bertz CT molecular complexity index is 1470. The molecule has 230 valence electrons. The third-order valence-corrected chi connectivity index (χ3v) is 14.9. The first kappa shape index (κ1) is 29.0. The highest BCUT2D eigenvalue weighted by molar-refractivity contribution is 5.88. The molecule has 0 bridgehead atoms. The molecule has 9 atom stereocenters. The zero-order valence-corrected chi connectivity index (χ0v) is 27.1. The van der Waals surface area contributed by atoms with E-state index < -0.39 is 5.97 Å². The fourth-order valence-electron chi connectivity index (χ4n) is 12.8. The molecule has 1 aromatic carbocycles. The summed E-state index contributed by atoms with van der Waals surface area (Å²) in [6.45, 7) is 19.7. The first-order valence-corrected chi connectivity index (χ1v) is 16.8. The number of hydrogen-bond donors (Lipinski definition) is 1. The molecule has 1 heterocycles. The maximum atomic E-state index is 11.5. The van der Waals surface area contributed by atoms with Gasteiger partial charge in [0, 0.05) is 0 Å². The van der Waals surface area contributed by atoms with E-state index in [9.17, 15) is 9.90 Å². The van der Waals surface area contributed by atoms with E-state index in [1.165, 1.54) is 61.6 Å². The lowest BCUT2D eigenvalue weighted by molar-refractivity contribution is -0.219. The number of carboxylic acid groups (broad SMARTS) is 1. The van der Waals surface area contributed by atoms with Crippen molar-refractivity contribution in [3.8, 4) is 0 Å². The van der Waals surface area contributed by atoms with Crippen molar-refractivity contribution in [3.63, 3.8) is 0 Å². The summed E-state index contributed by atoms with van der Waals surface area (Å²) in [7, 11) is 0. The minimum Gasteiger partial charge on any atom is -0.478 e. The van der Waals surface area contributed by atoms with Crippen LogP contribution in [0.3, 0.4) is 0 Å². The molecule has 4 fully saturated rings. The molecule has 43 heavy (non-hydrogen) atoms. The van der Waals surface area contributed by atoms with E-state index in [1.807, 2.05) is 12.1 Å². The lowest BCUT2D eigenvalue weighted by Gasteiger charge is -2.72. The Morgan fingerprint density at radius 3 is 2.33 bits per heavy atom. The number of carboxylic acids is 1. The predicted octanol–water partition coefficient (Wildman–Crippen LogP) is 9.37. The van der Waals surface area contributed by atoms with E-state index in [2.05, 4.69) is 64.4 Å². The van der Waals surface area contributed by atoms with Gasteiger partial charge >= 0.3 is 5.97 Å². The Labute approximate surface area is 257 Å². The van der Waals surface area contributed by atoms with Gasteiger partial charge in [-0.15, -0.1) is 10.2 Å². The van der Waals surface area contributed by atoms with Crippen LogP contribution in [-0.4, -0.2) is 21.3 Å². The van der Waals surface area contributed by atoms with Gasteiger partial charge in [0.25, 0.3) is 0 Å². The number of aromatic carboxylic acids is 1. The van der Waals surface area contributed by atoms with Gasteiger partial charge < -0.3 is 9.52 Å². The highest BCUT2D eigenvalue weighted by atomic mass is 16.4. The van der Waals surface area contributed by atoms with Gasteiger partial charge in [0.15, 0.2) is 0 Å². The monoisotopic (exact) mass is 582 g/mol. The van der Waals surface area contributed by atoms with E-state index in [1.54, 1.807) is 12.1 Å². The van der Waals surface area contributed by atoms with Gasteiger partial charge in [0.05, 0.1) is 11.0 Å². The highest BCUT2D eigenvalue weighted by Gasteiger charge is 2.71. The minimum absolute atomic E-state index is 0.00471. The summed E-state index contributed by atoms with van der Waals surface area (Å²) in [5.41, 5.74) is 5.05. The molecule has 0 amide bonds. The van der Waals surface area contributed by atoms with Crippen LogP contribution in [-0.2, 0) is 5.41 Å². The van der Waals surface area contributed by atoms with Crippen LogP contribution in [0.2, 0.25) is 0 Å². The van der Waals surface area contributed by atoms with Crippen LogP contribution in [0, 0.1) is 51.2 Å². The Morgan fingerprint density at radius 2 is 1.67 bits per heavy atom. The summed E-state index contributed by atoms with van der Waals surface area (Å²) in [4.78, 5) is 11.5. The summed E-state index contributed by atoms with van der Waals surface area (Å²) in [5, 5.41) is 18.2. The summed E-state index contributed by atoms with van der Waals surface area (Å²) in [5.74, 6) is 2.96. The quantitative estimate of drug-likeness (QED) is 0.364. The summed E-state index contributed by atoms with van der Waals surface area (Å²) in [6, 6.07) is 7.58. The third-order valence-electron chi connectivity index (χ3n) is 14.9. The van der Waals surface area contributed by atoms with Crippen molar-refractivity contribution in [2.24, 2.45) is 51.2 Å². The second-order valence-corrected chi connectivity index (χ2v) is 16.5. The molecular formula is C38H50N2O3. The first-order chi connectivity index (χ1) is 20.3. The van der Waals surface area contributed by atoms with Crippen molar-refractivity contribution < 1.29 is 14.3 Å². The van der Waals surface area contributed by atoms with Crippen molar-refractivity contribution in [1.29, 1.82) is 0 Å². The Balaban J connectivity index is 1.25. The summed E-state index contributed by atoms with van der Waals surface area (Å²) >= 11 is 0. The maximum Gasteiger partial charge on any atom is 0.335 e. The number of benzene rings is 1. The van der Waals surface area contributed by atoms with E-state index in [0.717, 1.165) is 25.2 Å². The van der Waals surface area contributed by atoms with E-state index in [4.69, 9.17) is 4.42 Å². The number of carbonyl (C=O) groups is 1. The fourth-order valence-corrected chi connectivity index (χ4v) is 12.8. The van der Waals surface area contributed by atoms with Crippen molar-refractivity contribution in [1.82, 2.24) is 10.2 Å². The second-order valence-electron chi connectivity index (χ2n) is 16.5. The van der Waals surface area contributed by atoms with Crippen molar-refractivity contribution in [2.45, 2.75) is 105 Å². The van der Waals surface area contributed by atoms with E-state index >= 15 is 0 Å². The largest absolute Gasteiger partial charge is 0.478 e. The molecule has 5 heteroatoms. The molecule has 4 unspecified atom stereocenters. The molecule has 5 nitrogen and oxygen atoms in total. The molecule has 0 aliphatic heterocycles. The highest BCUT2D eigenvalue weighted by Crippen LogP contribution is 2.77. The smallest absolute Gasteiger partial charge is 0.335 e. The Kier molecular flexibility index (Phi) is 6.35. The lowest BCUT2D eigenvalue weighted by atomic mass is 9.32. The van der Waals surface area contributed by atoms with Gasteiger partial charge in [-0.05, 0) is 139 Å². The van der Waals surface area contributed by atoms with Crippen LogP contribution < -0.4 is 0 Å². The lowest BCUT2D eigenvalue weighted by Crippen LogP contribution is -2.65. The first-order valence-electron chi connectivity index (χ1n) is 16.8. The Hall–Kier alpha value is -2.69. The zero-order chi connectivity index (χ0) is 30.6. The number of aromatic nitrogens is 2. The van der Waals surface area contributed by atoms with Gasteiger partial charge in [-0.1, -0.05) is 65.0 Å². The van der Waals surface area contributed by atoms with Crippen LogP contribution in [0.4, 0.5) is 0 Å². The average molecular weight is 583 g/mol. The number of nitrogens with zero attached hydrogens (tertiary/aromatic N) is 2. The van der Waals surface area contributed by atoms with Crippen molar-refractivity contribution in [3.05, 3.63) is 65.9 Å². The molecule has 0 saturated heterocycles.